The van der Waals surface area contributed by atoms with Crippen molar-refractivity contribution >= 4 is 44.6 Å². The molecule has 0 atom stereocenters. The fourth-order valence-corrected chi connectivity index (χ4v) is 2.33. The summed E-state index contributed by atoms with van der Waals surface area (Å²) in [5.41, 5.74) is 6.41. The predicted molar refractivity (Wildman–Crippen MR) is 92.0 cm³/mol. The highest BCUT2D eigenvalue weighted by Crippen LogP contribution is 2.36. The van der Waals surface area contributed by atoms with E-state index in [0.717, 1.165) is 5.56 Å². The molecule has 0 aliphatic carbocycles. The number of nitrogens with one attached hydrogen (secondary N) is 1. The number of nitro groups is 1. The Balaban J connectivity index is 2.27. The van der Waals surface area contributed by atoms with Gasteiger partial charge in [-0.3, -0.25) is 10.1 Å². The molecule has 0 spiro atoms. The molecular weight excluding hydrogens is 370 g/mol. The minimum Gasteiger partial charge on any atom is -0.488 e. The maximum atomic E-state index is 11.1. The van der Waals surface area contributed by atoms with Gasteiger partial charge in [0.15, 0.2) is 5.11 Å². The minimum absolute atomic E-state index is 0.0561. The van der Waals surface area contributed by atoms with Gasteiger partial charge in [0.2, 0.25) is 0 Å². The third kappa shape index (κ3) is 4.15. The molecule has 0 radical (unpaired) electrons. The summed E-state index contributed by atoms with van der Waals surface area (Å²) in [6, 6.07) is 12.4. The lowest BCUT2D eigenvalue weighted by Gasteiger charge is -2.11. The van der Waals surface area contributed by atoms with E-state index in [1.54, 1.807) is 0 Å². The number of benzene rings is 2. The molecule has 0 aliphatic heterocycles. The Morgan fingerprint density at radius 1 is 1.36 bits per heavy atom. The van der Waals surface area contributed by atoms with Gasteiger partial charge in [-0.1, -0.05) is 30.3 Å². The topological polar surface area (TPSA) is 90.4 Å². The summed E-state index contributed by atoms with van der Waals surface area (Å²) in [4.78, 5) is 10.5. The van der Waals surface area contributed by atoms with E-state index >= 15 is 0 Å². The minimum atomic E-state index is -0.521. The van der Waals surface area contributed by atoms with Crippen LogP contribution in [0, 0.1) is 10.1 Å². The van der Waals surface area contributed by atoms with Crippen LogP contribution >= 0.6 is 28.1 Å². The third-order valence-electron chi connectivity index (χ3n) is 2.74. The van der Waals surface area contributed by atoms with Crippen molar-refractivity contribution in [2.24, 2.45) is 5.73 Å². The molecule has 0 heterocycles. The van der Waals surface area contributed by atoms with E-state index in [-0.39, 0.29) is 16.5 Å². The number of nitro benzene ring substituents is 1. The summed E-state index contributed by atoms with van der Waals surface area (Å²) in [7, 11) is 0. The quantitative estimate of drug-likeness (QED) is 0.467. The second kappa shape index (κ2) is 7.19. The third-order valence-corrected chi connectivity index (χ3v) is 3.46. The van der Waals surface area contributed by atoms with E-state index in [0.29, 0.717) is 16.8 Å². The Bertz CT molecular complexity index is 710. The van der Waals surface area contributed by atoms with Gasteiger partial charge in [-0.15, -0.1) is 0 Å². The molecule has 0 saturated carbocycles. The Morgan fingerprint density at radius 2 is 2.05 bits per heavy atom. The summed E-state index contributed by atoms with van der Waals surface area (Å²) < 4.78 is 6.16. The van der Waals surface area contributed by atoms with Gasteiger partial charge < -0.3 is 15.8 Å². The smallest absolute Gasteiger partial charge is 0.294 e. The molecule has 6 nitrogen and oxygen atoms in total. The van der Waals surface area contributed by atoms with Crippen LogP contribution in [0.4, 0.5) is 11.4 Å². The van der Waals surface area contributed by atoms with E-state index in [9.17, 15) is 10.1 Å². The highest BCUT2D eigenvalue weighted by Gasteiger charge is 2.18. The molecule has 0 aromatic heterocycles. The van der Waals surface area contributed by atoms with Gasteiger partial charge in [0.25, 0.3) is 5.69 Å². The lowest BCUT2D eigenvalue weighted by Crippen LogP contribution is -2.19. The molecule has 0 fully saturated rings. The SMILES string of the molecule is NC(=S)Nc1cc(OCc2ccccc2)c(Br)cc1[N+](=O)[O-]. The number of nitrogens with two attached hydrogens (primary N) is 1. The number of nitrogens with zero attached hydrogens (tertiary/aromatic N) is 1. The molecule has 0 bridgehead atoms. The number of rotatable bonds is 5. The number of hydrogen-bond donors (Lipinski definition) is 2. The first-order chi connectivity index (χ1) is 10.5. The normalized spacial score (nSPS) is 10.0. The molecule has 0 unspecified atom stereocenters. The van der Waals surface area contributed by atoms with Crippen LogP contribution in [0.25, 0.3) is 0 Å². The zero-order valence-electron chi connectivity index (χ0n) is 11.3. The van der Waals surface area contributed by atoms with Crippen LogP contribution in [-0.2, 0) is 6.61 Å². The number of ether oxygens (including phenoxy) is 1. The number of halogens is 1. The van der Waals surface area contributed by atoms with Gasteiger partial charge >= 0.3 is 0 Å². The van der Waals surface area contributed by atoms with E-state index in [2.05, 4.69) is 21.2 Å². The fraction of sp³-hybridized carbons (Fsp3) is 0.0714. The first-order valence-corrected chi connectivity index (χ1v) is 7.38. The molecule has 0 aliphatic rings. The molecule has 2 rings (SSSR count). The van der Waals surface area contributed by atoms with Crippen molar-refractivity contribution in [1.82, 2.24) is 0 Å². The first-order valence-electron chi connectivity index (χ1n) is 6.18. The van der Waals surface area contributed by atoms with E-state index in [4.69, 9.17) is 22.7 Å². The van der Waals surface area contributed by atoms with Gasteiger partial charge in [0.05, 0.1) is 9.40 Å². The van der Waals surface area contributed by atoms with Gasteiger partial charge in [-0.2, -0.15) is 0 Å². The number of hydrogen-bond acceptors (Lipinski definition) is 4. The van der Waals surface area contributed by atoms with Crippen molar-refractivity contribution in [3.05, 3.63) is 62.6 Å². The average molecular weight is 382 g/mol. The zero-order chi connectivity index (χ0) is 16.1. The van der Waals surface area contributed by atoms with Crippen molar-refractivity contribution in [3.63, 3.8) is 0 Å². The number of thiocarbonyl (C=S) groups is 1. The van der Waals surface area contributed by atoms with Gasteiger partial charge in [0.1, 0.15) is 18.0 Å². The predicted octanol–water partition coefficient (Wildman–Crippen LogP) is 3.59. The second-order valence-corrected chi connectivity index (χ2v) is 5.61. The molecule has 114 valence electrons. The van der Waals surface area contributed by atoms with Crippen LogP contribution in [0.15, 0.2) is 46.9 Å². The highest BCUT2D eigenvalue weighted by molar-refractivity contribution is 9.10. The fourth-order valence-electron chi connectivity index (χ4n) is 1.77. The molecule has 8 heteroatoms. The largest absolute Gasteiger partial charge is 0.488 e. The molecule has 2 aromatic rings. The van der Waals surface area contributed by atoms with Gasteiger partial charge in [0, 0.05) is 12.1 Å². The molecule has 22 heavy (non-hydrogen) atoms. The number of anilines is 1. The van der Waals surface area contributed by atoms with E-state index in [1.807, 2.05) is 30.3 Å². The van der Waals surface area contributed by atoms with Crippen molar-refractivity contribution in [3.8, 4) is 5.75 Å². The lowest BCUT2D eigenvalue weighted by molar-refractivity contribution is -0.384. The van der Waals surface area contributed by atoms with Crippen LogP contribution in [0.1, 0.15) is 5.56 Å². The van der Waals surface area contributed by atoms with Crippen LogP contribution in [-0.4, -0.2) is 10.0 Å². The Labute approximate surface area is 140 Å². The average Bonchev–Trinajstić information content (AvgIpc) is 2.47. The summed E-state index contributed by atoms with van der Waals surface area (Å²) >= 11 is 8.00. The highest BCUT2D eigenvalue weighted by atomic mass is 79.9. The van der Waals surface area contributed by atoms with Crippen molar-refractivity contribution < 1.29 is 9.66 Å². The van der Waals surface area contributed by atoms with Crippen molar-refractivity contribution in [2.45, 2.75) is 6.61 Å². The molecule has 0 saturated heterocycles. The zero-order valence-corrected chi connectivity index (χ0v) is 13.7. The van der Waals surface area contributed by atoms with Gasteiger partial charge in [-0.25, -0.2) is 0 Å². The summed E-state index contributed by atoms with van der Waals surface area (Å²) in [6.07, 6.45) is 0. The standard InChI is InChI=1S/C14H12BrN3O3S/c15-10-6-12(18(19)20)11(17-14(16)22)7-13(10)21-8-9-4-2-1-3-5-9/h1-7H,8H2,(H3,16,17,22). The lowest BCUT2D eigenvalue weighted by atomic mass is 10.2. The summed E-state index contributed by atoms with van der Waals surface area (Å²) in [5.74, 6) is 0.452. The maximum Gasteiger partial charge on any atom is 0.294 e. The van der Waals surface area contributed by atoms with Gasteiger partial charge in [-0.05, 0) is 33.7 Å². The molecule has 3 N–H and O–H groups in total. The van der Waals surface area contributed by atoms with Crippen LogP contribution < -0.4 is 15.8 Å². The Kier molecular flexibility index (Phi) is 5.29. The monoisotopic (exact) mass is 381 g/mol. The summed E-state index contributed by atoms with van der Waals surface area (Å²) in [5, 5.41) is 13.6. The van der Waals surface area contributed by atoms with Crippen molar-refractivity contribution in [2.75, 3.05) is 5.32 Å². The maximum absolute atomic E-state index is 11.1. The van der Waals surface area contributed by atoms with Crippen LogP contribution in [0.5, 0.6) is 5.75 Å². The molecular formula is C14H12BrN3O3S. The van der Waals surface area contributed by atoms with Crippen molar-refractivity contribution in [1.29, 1.82) is 0 Å². The molecule has 2 aromatic carbocycles. The first kappa shape index (κ1) is 16.2. The van der Waals surface area contributed by atoms with Crippen LogP contribution in [0.3, 0.4) is 0 Å². The second-order valence-electron chi connectivity index (χ2n) is 4.32. The summed E-state index contributed by atoms with van der Waals surface area (Å²) in [6.45, 7) is 0.337. The Hall–Kier alpha value is -2.19. The van der Waals surface area contributed by atoms with E-state index < -0.39 is 4.92 Å². The van der Waals surface area contributed by atoms with Crippen LogP contribution in [0.2, 0.25) is 0 Å². The molecule has 0 amide bonds. The van der Waals surface area contributed by atoms with E-state index in [1.165, 1.54) is 12.1 Å². The Morgan fingerprint density at radius 3 is 2.64 bits per heavy atom.